The lowest BCUT2D eigenvalue weighted by molar-refractivity contribution is -0.0485. The van der Waals surface area contributed by atoms with Crippen LogP contribution >= 0.6 is 38.0 Å². The second kappa shape index (κ2) is 12.6. The number of aromatic amines is 1. The van der Waals surface area contributed by atoms with E-state index in [0.717, 1.165) is 22.8 Å². The summed E-state index contributed by atoms with van der Waals surface area (Å²) >= 11 is 9.77. The highest BCUT2D eigenvalue weighted by Crippen LogP contribution is 2.55. The first-order valence-corrected chi connectivity index (χ1v) is 18.5. The Morgan fingerprint density at radius 1 is 1.22 bits per heavy atom. The molecule has 26 heteroatoms. The van der Waals surface area contributed by atoms with Crippen molar-refractivity contribution in [3.8, 4) is 0 Å². The van der Waals surface area contributed by atoms with E-state index in [1.807, 2.05) is 0 Å². The summed E-state index contributed by atoms with van der Waals surface area (Å²) in [6.07, 6.45) is -7.62. The third-order valence-electron chi connectivity index (χ3n) is 6.84. The average molecular weight is 729 g/mol. The fraction of sp³-hybridized carbons (Fsp3) is 0.526. The third kappa shape index (κ3) is 6.16. The van der Waals surface area contributed by atoms with Crippen LogP contribution in [-0.2, 0) is 34.7 Å². The van der Waals surface area contributed by atoms with Crippen LogP contribution < -0.4 is 17.0 Å². The summed E-state index contributed by atoms with van der Waals surface area (Å²) in [5.41, 5.74) is 10.8. The topological polar surface area (TPSA) is 267 Å². The molecule has 2 aliphatic rings. The van der Waals surface area contributed by atoms with Gasteiger partial charge >= 0.3 is 13.9 Å². The fourth-order valence-corrected chi connectivity index (χ4v) is 8.55. The van der Waals surface area contributed by atoms with Crippen molar-refractivity contribution in [3.05, 3.63) is 23.0 Å². The number of nitrogen functional groups attached to an aromatic ring is 2. The van der Waals surface area contributed by atoms with Crippen LogP contribution in [0.2, 0.25) is 0 Å². The standard InChI is InChI=1S/C19H21F2N11O8P2S3/c20-7-6(1-33)45-18(31-4-26-10-15(31)27-19(23)28-16(10)34)12(7)40-42(36,44)37-2-5-11(39-41(35)43)8(21)17(38-5)32-14-9(29-30-32)13(22)24-3-25-14/h3-8,11-12,17-18,33H,1-2H2,(H6-,22,23,24,25,27,28,30,34,35,36,43,44)/p+1/t5-,6-,7-,8+,11-,12-,17-,18-,42?/m1/s1. The molecule has 6 heterocycles. The Morgan fingerprint density at radius 2 is 2.00 bits per heavy atom. The molecule has 4 aromatic heterocycles. The second-order valence-electron chi connectivity index (χ2n) is 9.58. The number of ether oxygens (including phenoxy) is 1. The van der Waals surface area contributed by atoms with E-state index in [-0.39, 0.29) is 34.1 Å². The number of alkyl halides is 2. The van der Waals surface area contributed by atoms with Gasteiger partial charge in [0.15, 0.2) is 46.6 Å². The monoisotopic (exact) mass is 728 g/mol. The van der Waals surface area contributed by atoms with Crippen LogP contribution in [0.5, 0.6) is 0 Å². The van der Waals surface area contributed by atoms with Crippen LogP contribution in [0, 0.1) is 0 Å². The number of fused-ring (bicyclic) bond motifs is 2. The first kappa shape index (κ1) is 32.4. The largest absolute Gasteiger partial charge is 0.582 e. The van der Waals surface area contributed by atoms with Gasteiger partial charge in [-0.05, 0) is 16.4 Å². The average Bonchev–Trinajstić information content (AvgIpc) is 3.73. The number of rotatable bonds is 10. The summed E-state index contributed by atoms with van der Waals surface area (Å²) in [7, 11) is -2.65. The molecule has 6 rings (SSSR count). The molecular formula is C19H22F2N11O8P2S3+. The van der Waals surface area contributed by atoms with Crippen LogP contribution in [0.1, 0.15) is 11.6 Å². The molecule has 0 aromatic carbocycles. The van der Waals surface area contributed by atoms with Gasteiger partial charge in [-0.15, -0.1) is 21.4 Å². The summed E-state index contributed by atoms with van der Waals surface area (Å²) in [6, 6.07) is 0. The Balaban J connectivity index is 1.22. The number of thioether (sulfide) groups is 1. The second-order valence-corrected chi connectivity index (χ2v) is 15.4. The predicted octanol–water partition coefficient (Wildman–Crippen LogP) is 0.290. The van der Waals surface area contributed by atoms with E-state index < -0.39 is 80.2 Å². The number of halogens is 2. The number of aromatic nitrogens is 9. The summed E-state index contributed by atoms with van der Waals surface area (Å²) in [6.45, 7) is -5.65. The molecular weight excluding hydrogens is 706 g/mol. The van der Waals surface area contributed by atoms with Crippen LogP contribution in [0.3, 0.4) is 0 Å². The maximum Gasteiger partial charge on any atom is 0.582 e. The lowest BCUT2D eigenvalue weighted by Crippen LogP contribution is -2.34. The molecule has 10 atom stereocenters. The van der Waals surface area contributed by atoms with Crippen molar-refractivity contribution in [2.45, 2.75) is 47.5 Å². The zero-order valence-corrected chi connectivity index (χ0v) is 26.5. The van der Waals surface area contributed by atoms with Crippen molar-refractivity contribution in [3.63, 3.8) is 0 Å². The quantitative estimate of drug-likeness (QED) is 0.0946. The number of H-pyrrole nitrogens is 1. The number of hydrogen-bond donors (Lipinski definition) is 6. The van der Waals surface area contributed by atoms with E-state index in [9.17, 15) is 19.4 Å². The van der Waals surface area contributed by atoms with Gasteiger partial charge in [0, 0.05) is 0 Å². The van der Waals surface area contributed by atoms with Crippen LogP contribution in [0.25, 0.3) is 22.3 Å². The van der Waals surface area contributed by atoms with Crippen molar-refractivity contribution >= 4 is 83.9 Å². The summed E-state index contributed by atoms with van der Waals surface area (Å²) in [5, 5.41) is 15.4. The molecule has 242 valence electrons. The molecule has 2 unspecified atom stereocenters. The highest BCUT2D eigenvalue weighted by atomic mass is 32.7. The molecule has 2 aliphatic heterocycles. The van der Waals surface area contributed by atoms with Gasteiger partial charge in [0.2, 0.25) is 5.95 Å². The molecule has 0 saturated carbocycles. The van der Waals surface area contributed by atoms with Crippen molar-refractivity contribution in [2.24, 2.45) is 0 Å². The van der Waals surface area contributed by atoms with Crippen LogP contribution in [-0.4, -0.2) is 104 Å². The van der Waals surface area contributed by atoms with Crippen molar-refractivity contribution in [1.82, 2.24) is 44.5 Å². The minimum atomic E-state index is -4.36. The molecule has 0 radical (unpaired) electrons. The van der Waals surface area contributed by atoms with Gasteiger partial charge in [-0.1, -0.05) is 5.21 Å². The lowest BCUT2D eigenvalue weighted by Gasteiger charge is -2.27. The van der Waals surface area contributed by atoms with Gasteiger partial charge < -0.3 is 30.7 Å². The number of anilines is 2. The third-order valence-corrected chi connectivity index (χ3v) is 10.6. The Kier molecular flexibility index (Phi) is 9.08. The first-order chi connectivity index (χ1) is 21.4. The molecule has 2 fully saturated rings. The molecule has 19 nitrogen and oxygen atoms in total. The van der Waals surface area contributed by atoms with E-state index in [4.69, 9.17) is 41.6 Å². The number of aliphatic hydroxyl groups is 1. The number of hydrogen-bond acceptors (Lipinski definition) is 17. The Morgan fingerprint density at radius 3 is 2.73 bits per heavy atom. The normalized spacial score (nSPS) is 30.3. The molecule has 0 aliphatic carbocycles. The van der Waals surface area contributed by atoms with Crippen molar-refractivity contribution in [2.75, 3.05) is 24.7 Å². The van der Waals surface area contributed by atoms with Crippen molar-refractivity contribution < 1.29 is 41.7 Å². The number of imidazole rings is 1. The highest BCUT2D eigenvalue weighted by molar-refractivity contribution is 8.39. The zero-order chi connectivity index (χ0) is 32.2. The van der Waals surface area contributed by atoms with E-state index in [1.54, 1.807) is 0 Å². The molecule has 0 amide bonds. The molecule has 7 N–H and O–H groups in total. The number of thiol groups is 1. The van der Waals surface area contributed by atoms with Crippen molar-refractivity contribution in [1.29, 1.82) is 0 Å². The Bertz CT molecular complexity index is 1870. The summed E-state index contributed by atoms with van der Waals surface area (Å²) < 4.78 is 67.2. The van der Waals surface area contributed by atoms with E-state index in [2.05, 4.69) is 47.5 Å². The van der Waals surface area contributed by atoms with Crippen LogP contribution in [0.4, 0.5) is 20.5 Å². The van der Waals surface area contributed by atoms with Gasteiger partial charge in [0.05, 0.1) is 24.8 Å². The van der Waals surface area contributed by atoms with E-state index in [0.29, 0.717) is 0 Å². The minimum absolute atomic E-state index is 0.00629. The van der Waals surface area contributed by atoms with Gasteiger partial charge in [-0.25, -0.2) is 23.7 Å². The number of nitrogens with one attached hydrogen (secondary N) is 1. The number of nitrogens with two attached hydrogens (primary N) is 2. The van der Waals surface area contributed by atoms with Gasteiger partial charge in [0.25, 0.3) is 5.56 Å². The maximum atomic E-state index is 15.7. The molecule has 2 saturated heterocycles. The summed E-state index contributed by atoms with van der Waals surface area (Å²) in [4.78, 5) is 41.4. The Labute approximate surface area is 264 Å². The smallest absolute Gasteiger partial charge is 0.395 e. The lowest BCUT2D eigenvalue weighted by atomic mass is 10.1. The minimum Gasteiger partial charge on any atom is -0.395 e. The van der Waals surface area contributed by atoms with E-state index >= 15 is 8.78 Å². The first-order valence-electron chi connectivity index (χ1n) is 12.6. The maximum absolute atomic E-state index is 15.7. The molecule has 45 heavy (non-hydrogen) atoms. The highest BCUT2D eigenvalue weighted by Gasteiger charge is 2.53. The summed E-state index contributed by atoms with van der Waals surface area (Å²) in [5.74, 6) is -0.243. The molecule has 4 aromatic rings. The molecule has 0 spiro atoms. The van der Waals surface area contributed by atoms with E-state index in [1.165, 1.54) is 10.9 Å². The fourth-order valence-electron chi connectivity index (χ4n) is 4.87. The number of nitrogens with zero attached hydrogens (tertiary/aromatic N) is 8. The van der Waals surface area contributed by atoms with Gasteiger partial charge in [0.1, 0.15) is 42.3 Å². The van der Waals surface area contributed by atoms with Gasteiger partial charge in [-0.3, -0.25) is 18.9 Å². The van der Waals surface area contributed by atoms with Gasteiger partial charge in [-0.2, -0.15) is 9.67 Å². The molecule has 0 bridgehead atoms. The SMILES string of the molecule is Nc1nc2c(ncn2[C@@H]2S[C@H](CO)[C@@H](F)[C@H]2OP(O)(=S)OC[C@H]2O[C@@H](n3nnc4c(N)ncnc43)[C@@H](F)[C@@H]2O[P+](=O)S)c(=O)[nH]1. The Hall–Kier alpha value is -2.50. The zero-order valence-electron chi connectivity index (χ0n) is 22.2. The number of aliphatic hydroxyl groups excluding tert-OH is 1. The van der Waals surface area contributed by atoms with Crippen LogP contribution in [0.15, 0.2) is 17.4 Å². The predicted molar refractivity (Wildman–Crippen MR) is 160 cm³/mol.